The molecule has 114 valence electrons. The van der Waals surface area contributed by atoms with Crippen molar-refractivity contribution in [1.29, 1.82) is 0 Å². The fraction of sp³-hybridized carbons (Fsp3) is 0.818. The maximum Gasteiger partial charge on any atom is 0.279 e. The third-order valence-corrected chi connectivity index (χ3v) is 4.56. The third kappa shape index (κ3) is 4.82. The van der Waals surface area contributed by atoms with Crippen LogP contribution in [0.5, 0.6) is 0 Å². The smallest absolute Gasteiger partial charge is 0.279 e. The highest BCUT2D eigenvalue weighted by atomic mass is 32.2. The third-order valence-electron chi connectivity index (χ3n) is 3.05. The standard InChI is InChI=1S/C11H21N5O3S/c1-9-14-11(19-15-9)8-13-20(17,18)16(2)7-3-6-12-10-4-5-10/h10,12-13H,3-8H2,1-2H3. The Bertz CT molecular complexity index is 526. The minimum atomic E-state index is -3.51. The van der Waals surface area contributed by atoms with Gasteiger partial charge in [-0.2, -0.15) is 22.4 Å². The molecule has 0 spiro atoms. The van der Waals surface area contributed by atoms with Crippen LogP contribution in [0.25, 0.3) is 0 Å². The summed E-state index contributed by atoms with van der Waals surface area (Å²) in [5, 5.41) is 6.95. The number of hydrogen-bond acceptors (Lipinski definition) is 6. The first-order valence-electron chi connectivity index (χ1n) is 6.71. The van der Waals surface area contributed by atoms with Gasteiger partial charge in [-0.05, 0) is 32.7 Å². The molecule has 2 N–H and O–H groups in total. The van der Waals surface area contributed by atoms with Crippen molar-refractivity contribution in [1.82, 2.24) is 24.5 Å². The molecular weight excluding hydrogens is 282 g/mol. The molecule has 0 unspecified atom stereocenters. The molecule has 1 aliphatic rings. The summed E-state index contributed by atoms with van der Waals surface area (Å²) in [5.41, 5.74) is 0. The van der Waals surface area contributed by atoms with Crippen molar-refractivity contribution in [2.45, 2.75) is 38.8 Å². The van der Waals surface area contributed by atoms with Crippen LogP contribution in [0.2, 0.25) is 0 Å². The van der Waals surface area contributed by atoms with Gasteiger partial charge in [0.15, 0.2) is 5.82 Å². The lowest BCUT2D eigenvalue weighted by molar-refractivity contribution is 0.368. The van der Waals surface area contributed by atoms with Crippen molar-refractivity contribution in [2.75, 3.05) is 20.1 Å². The van der Waals surface area contributed by atoms with Gasteiger partial charge in [-0.1, -0.05) is 5.16 Å². The van der Waals surface area contributed by atoms with Crippen molar-refractivity contribution in [3.63, 3.8) is 0 Å². The zero-order chi connectivity index (χ0) is 14.6. The normalized spacial score (nSPS) is 15.9. The number of rotatable bonds is 9. The van der Waals surface area contributed by atoms with Crippen LogP contribution in [0.1, 0.15) is 31.0 Å². The van der Waals surface area contributed by atoms with Crippen molar-refractivity contribution in [3.8, 4) is 0 Å². The predicted octanol–water partition coefficient (Wildman–Crippen LogP) is -0.214. The first kappa shape index (κ1) is 15.4. The van der Waals surface area contributed by atoms with Gasteiger partial charge in [-0.3, -0.25) is 0 Å². The van der Waals surface area contributed by atoms with E-state index in [4.69, 9.17) is 4.52 Å². The molecular formula is C11H21N5O3S. The molecule has 1 aliphatic carbocycles. The largest absolute Gasteiger partial charge is 0.338 e. The van der Waals surface area contributed by atoms with Gasteiger partial charge in [0.05, 0.1) is 6.54 Å². The van der Waals surface area contributed by atoms with Crippen LogP contribution in [0.3, 0.4) is 0 Å². The van der Waals surface area contributed by atoms with Crippen LogP contribution in [0, 0.1) is 6.92 Å². The monoisotopic (exact) mass is 303 g/mol. The number of aryl methyl sites for hydroxylation is 1. The van der Waals surface area contributed by atoms with E-state index in [1.807, 2.05) is 0 Å². The highest BCUT2D eigenvalue weighted by Gasteiger charge is 2.21. The van der Waals surface area contributed by atoms with Gasteiger partial charge < -0.3 is 9.84 Å². The predicted molar refractivity (Wildman–Crippen MR) is 73.1 cm³/mol. The van der Waals surface area contributed by atoms with Crippen LogP contribution >= 0.6 is 0 Å². The Kier molecular flexibility index (Phi) is 5.08. The number of aromatic nitrogens is 2. The first-order chi connectivity index (χ1) is 9.47. The Morgan fingerprint density at radius 2 is 2.20 bits per heavy atom. The van der Waals surface area contributed by atoms with Gasteiger partial charge in [-0.25, -0.2) is 0 Å². The summed E-state index contributed by atoms with van der Waals surface area (Å²) < 4.78 is 32.5. The number of nitrogens with zero attached hydrogens (tertiary/aromatic N) is 3. The Balaban J connectivity index is 1.70. The first-order valence-corrected chi connectivity index (χ1v) is 8.15. The Labute approximate surface area is 119 Å². The second-order valence-corrected chi connectivity index (χ2v) is 6.83. The highest BCUT2D eigenvalue weighted by molar-refractivity contribution is 7.87. The molecule has 1 heterocycles. The van der Waals surface area contributed by atoms with Crippen molar-refractivity contribution in [3.05, 3.63) is 11.7 Å². The summed E-state index contributed by atoms with van der Waals surface area (Å²) in [6, 6.07) is 0.649. The molecule has 0 radical (unpaired) electrons. The summed E-state index contributed by atoms with van der Waals surface area (Å²) in [6.45, 7) is 3.00. The topological polar surface area (TPSA) is 100 Å². The zero-order valence-electron chi connectivity index (χ0n) is 11.8. The Morgan fingerprint density at radius 1 is 1.45 bits per heavy atom. The summed E-state index contributed by atoms with van der Waals surface area (Å²) in [4.78, 5) is 3.94. The van der Waals surface area contributed by atoms with Gasteiger partial charge in [0.2, 0.25) is 5.89 Å². The average molecular weight is 303 g/mol. The van der Waals surface area contributed by atoms with Crippen LogP contribution in [0.4, 0.5) is 0 Å². The fourth-order valence-electron chi connectivity index (χ4n) is 1.69. The molecule has 9 heteroatoms. The van der Waals surface area contributed by atoms with Crippen molar-refractivity contribution < 1.29 is 12.9 Å². The Morgan fingerprint density at radius 3 is 2.80 bits per heavy atom. The van der Waals surface area contributed by atoms with E-state index in [0.717, 1.165) is 13.0 Å². The van der Waals surface area contributed by atoms with E-state index in [2.05, 4.69) is 20.2 Å². The van der Waals surface area contributed by atoms with E-state index in [1.165, 1.54) is 17.1 Å². The minimum Gasteiger partial charge on any atom is -0.338 e. The van der Waals surface area contributed by atoms with Gasteiger partial charge >= 0.3 is 0 Å². The lowest BCUT2D eigenvalue weighted by Crippen LogP contribution is -2.39. The van der Waals surface area contributed by atoms with Gasteiger partial charge in [0.25, 0.3) is 10.2 Å². The molecule has 0 atom stereocenters. The highest BCUT2D eigenvalue weighted by Crippen LogP contribution is 2.18. The lowest BCUT2D eigenvalue weighted by Gasteiger charge is -2.17. The number of hydrogen-bond donors (Lipinski definition) is 2. The van der Waals surface area contributed by atoms with Crippen molar-refractivity contribution in [2.24, 2.45) is 0 Å². The summed E-state index contributed by atoms with van der Waals surface area (Å²) in [5.74, 6) is 0.744. The quantitative estimate of drug-likeness (QED) is 0.612. The second-order valence-electron chi connectivity index (χ2n) is 4.96. The molecule has 1 saturated carbocycles. The lowest BCUT2D eigenvalue weighted by atomic mass is 10.4. The molecule has 2 rings (SSSR count). The SMILES string of the molecule is Cc1noc(CNS(=O)(=O)N(C)CCCNC2CC2)n1. The maximum absolute atomic E-state index is 12.0. The molecule has 0 aromatic carbocycles. The molecule has 8 nitrogen and oxygen atoms in total. The molecule has 1 aromatic heterocycles. The van der Waals surface area contributed by atoms with E-state index < -0.39 is 10.2 Å². The van der Waals surface area contributed by atoms with Crippen LogP contribution in [-0.2, 0) is 16.8 Å². The maximum atomic E-state index is 12.0. The van der Waals surface area contributed by atoms with Crippen LogP contribution in [-0.4, -0.2) is 49.0 Å². The second kappa shape index (κ2) is 6.61. The van der Waals surface area contributed by atoms with E-state index in [9.17, 15) is 8.42 Å². The molecule has 0 amide bonds. The minimum absolute atomic E-state index is 0.00778. The Hall–Kier alpha value is -1.03. The molecule has 1 aromatic rings. The van der Waals surface area contributed by atoms with Crippen LogP contribution < -0.4 is 10.0 Å². The van der Waals surface area contributed by atoms with E-state index in [-0.39, 0.29) is 12.4 Å². The average Bonchev–Trinajstić information content (AvgIpc) is 3.13. The molecule has 20 heavy (non-hydrogen) atoms. The van der Waals surface area contributed by atoms with Gasteiger partial charge in [0.1, 0.15) is 0 Å². The fourth-order valence-corrected chi connectivity index (χ4v) is 2.59. The molecule has 0 bridgehead atoms. The van der Waals surface area contributed by atoms with Gasteiger partial charge in [-0.15, -0.1) is 0 Å². The van der Waals surface area contributed by atoms with Crippen molar-refractivity contribution >= 4 is 10.2 Å². The molecule has 0 aliphatic heterocycles. The number of nitrogens with one attached hydrogen (secondary N) is 2. The summed E-state index contributed by atoms with van der Waals surface area (Å²) in [6.07, 6.45) is 3.26. The van der Waals surface area contributed by atoms with E-state index in [0.29, 0.717) is 18.4 Å². The summed E-state index contributed by atoms with van der Waals surface area (Å²) >= 11 is 0. The van der Waals surface area contributed by atoms with E-state index in [1.54, 1.807) is 14.0 Å². The van der Waals surface area contributed by atoms with E-state index >= 15 is 0 Å². The van der Waals surface area contributed by atoms with Crippen LogP contribution in [0.15, 0.2) is 4.52 Å². The summed E-state index contributed by atoms with van der Waals surface area (Å²) in [7, 11) is -1.95. The molecule has 1 fully saturated rings. The zero-order valence-corrected chi connectivity index (χ0v) is 12.6. The molecule has 0 saturated heterocycles. The van der Waals surface area contributed by atoms with Gasteiger partial charge in [0, 0.05) is 19.6 Å².